The summed E-state index contributed by atoms with van der Waals surface area (Å²) < 4.78 is 13.7. The molecular weight excluding hydrogens is 373 g/mol. The van der Waals surface area contributed by atoms with Gasteiger partial charge in [0.25, 0.3) is 5.56 Å². The van der Waals surface area contributed by atoms with Gasteiger partial charge in [-0.3, -0.25) is 9.59 Å². The molecule has 0 saturated heterocycles. The number of hydrogen-bond acceptors (Lipinski definition) is 5. The van der Waals surface area contributed by atoms with Crippen molar-refractivity contribution in [3.05, 3.63) is 80.2 Å². The summed E-state index contributed by atoms with van der Waals surface area (Å²) in [5.74, 6) is -0.170. The van der Waals surface area contributed by atoms with Crippen molar-refractivity contribution in [3.8, 4) is 0 Å². The van der Waals surface area contributed by atoms with Gasteiger partial charge >= 0.3 is 0 Å². The minimum atomic E-state index is -0.336. The number of aromatic nitrogens is 2. The molecule has 1 aromatic carbocycles. The minimum Gasteiger partial charge on any atom is -0.351 e. The topological polar surface area (TPSA) is 74.8 Å². The van der Waals surface area contributed by atoms with Crippen LogP contribution in [0.25, 0.3) is 0 Å². The van der Waals surface area contributed by atoms with Crippen molar-refractivity contribution in [2.24, 2.45) is 0 Å². The molecular formula is C18H16FN3O2S2. The quantitative estimate of drug-likeness (QED) is 0.481. The smallest absolute Gasteiger partial charge is 0.251 e. The number of H-pyrrole nitrogens is 1. The van der Waals surface area contributed by atoms with E-state index in [0.29, 0.717) is 28.7 Å². The Labute approximate surface area is 157 Å². The lowest BCUT2D eigenvalue weighted by Gasteiger charge is -2.06. The zero-order valence-electron chi connectivity index (χ0n) is 13.7. The fourth-order valence-electron chi connectivity index (χ4n) is 2.23. The molecule has 26 heavy (non-hydrogen) atoms. The lowest BCUT2D eigenvalue weighted by Crippen LogP contribution is -2.25. The van der Waals surface area contributed by atoms with Crippen LogP contribution < -0.4 is 10.9 Å². The van der Waals surface area contributed by atoms with Crippen LogP contribution in [0, 0.1) is 5.82 Å². The highest BCUT2D eigenvalue weighted by atomic mass is 32.2. The Hall–Kier alpha value is -2.45. The van der Waals surface area contributed by atoms with E-state index < -0.39 is 0 Å². The largest absolute Gasteiger partial charge is 0.351 e. The van der Waals surface area contributed by atoms with Crippen LogP contribution in [-0.2, 0) is 23.5 Å². The number of amides is 1. The number of thiophene rings is 1. The summed E-state index contributed by atoms with van der Waals surface area (Å²) in [6, 6.07) is 11.6. The first kappa shape index (κ1) is 18.3. The predicted octanol–water partition coefficient (Wildman–Crippen LogP) is 3.12. The molecule has 2 heterocycles. The third kappa shape index (κ3) is 5.27. The molecule has 3 aromatic rings. The van der Waals surface area contributed by atoms with Crippen molar-refractivity contribution >= 4 is 29.0 Å². The van der Waals surface area contributed by atoms with Gasteiger partial charge in [0.05, 0.1) is 18.7 Å². The summed E-state index contributed by atoms with van der Waals surface area (Å²) in [7, 11) is 0. The van der Waals surface area contributed by atoms with Gasteiger partial charge in [0, 0.05) is 16.7 Å². The first-order valence-corrected chi connectivity index (χ1v) is 9.72. The van der Waals surface area contributed by atoms with E-state index in [4.69, 9.17) is 0 Å². The monoisotopic (exact) mass is 389 g/mol. The Morgan fingerprint density at radius 1 is 1.27 bits per heavy atom. The molecule has 0 aliphatic carbocycles. The fraction of sp³-hybridized carbons (Fsp3) is 0.167. The van der Waals surface area contributed by atoms with Gasteiger partial charge in [-0.05, 0) is 23.1 Å². The lowest BCUT2D eigenvalue weighted by molar-refractivity contribution is -0.120. The van der Waals surface area contributed by atoms with Crippen LogP contribution in [0.3, 0.4) is 0 Å². The van der Waals surface area contributed by atoms with Crippen LogP contribution in [0.1, 0.15) is 16.1 Å². The highest BCUT2D eigenvalue weighted by molar-refractivity contribution is 7.98. The summed E-state index contributed by atoms with van der Waals surface area (Å²) in [6.07, 6.45) is 0.0164. The number of benzene rings is 1. The van der Waals surface area contributed by atoms with Gasteiger partial charge in [0.2, 0.25) is 5.91 Å². The molecule has 3 rings (SSSR count). The number of aromatic amines is 1. The van der Waals surface area contributed by atoms with Crippen LogP contribution in [-0.4, -0.2) is 15.9 Å². The van der Waals surface area contributed by atoms with Crippen molar-refractivity contribution < 1.29 is 9.18 Å². The number of rotatable bonds is 7. The molecule has 0 saturated carbocycles. The van der Waals surface area contributed by atoms with Gasteiger partial charge in [0.1, 0.15) is 5.82 Å². The van der Waals surface area contributed by atoms with Crippen LogP contribution in [0.15, 0.2) is 57.8 Å². The van der Waals surface area contributed by atoms with Crippen molar-refractivity contribution in [1.82, 2.24) is 15.3 Å². The van der Waals surface area contributed by atoms with Crippen molar-refractivity contribution in [3.63, 3.8) is 0 Å². The number of thioether (sulfide) groups is 1. The Morgan fingerprint density at radius 3 is 2.88 bits per heavy atom. The summed E-state index contributed by atoms with van der Waals surface area (Å²) in [6.45, 7) is 0.453. The normalized spacial score (nSPS) is 10.7. The van der Waals surface area contributed by atoms with E-state index in [2.05, 4.69) is 15.3 Å². The van der Waals surface area contributed by atoms with Gasteiger partial charge in [-0.2, -0.15) is 0 Å². The second-order valence-electron chi connectivity index (χ2n) is 5.45. The van der Waals surface area contributed by atoms with Gasteiger partial charge in [-0.25, -0.2) is 9.37 Å². The van der Waals surface area contributed by atoms with Gasteiger partial charge in [-0.1, -0.05) is 36.0 Å². The zero-order chi connectivity index (χ0) is 18.4. The highest BCUT2D eigenvalue weighted by Crippen LogP contribution is 2.20. The predicted molar refractivity (Wildman–Crippen MR) is 101 cm³/mol. The van der Waals surface area contributed by atoms with E-state index in [9.17, 15) is 14.0 Å². The third-order valence-corrected chi connectivity index (χ3v) is 5.28. The first-order chi connectivity index (χ1) is 12.6. The summed E-state index contributed by atoms with van der Waals surface area (Å²) in [4.78, 5) is 31.8. The Balaban J connectivity index is 1.61. The van der Waals surface area contributed by atoms with Crippen LogP contribution in [0.4, 0.5) is 4.39 Å². The molecule has 2 N–H and O–H groups in total. The molecule has 1 amide bonds. The standard InChI is InChI=1S/C18H16FN3O2S2/c19-15-6-2-1-4-12(15)11-26-18-21-13(9-17(24)22-18)8-16(23)20-10-14-5-3-7-25-14/h1-7,9H,8,10-11H2,(H,20,23)(H,21,22,24). The molecule has 8 heteroatoms. The summed E-state index contributed by atoms with van der Waals surface area (Å²) >= 11 is 2.78. The maximum Gasteiger partial charge on any atom is 0.251 e. The average molecular weight is 389 g/mol. The van der Waals surface area contributed by atoms with Gasteiger partial charge in [0.15, 0.2) is 5.16 Å². The molecule has 0 fully saturated rings. The molecule has 0 unspecified atom stereocenters. The number of nitrogens with one attached hydrogen (secondary N) is 2. The number of carbonyl (C=O) groups excluding carboxylic acids is 1. The maximum atomic E-state index is 13.7. The second kappa shape index (κ2) is 8.77. The first-order valence-electron chi connectivity index (χ1n) is 7.85. The van der Waals surface area contributed by atoms with E-state index in [1.807, 2.05) is 17.5 Å². The van der Waals surface area contributed by atoms with Crippen molar-refractivity contribution in [1.29, 1.82) is 0 Å². The number of hydrogen-bond donors (Lipinski definition) is 2. The summed E-state index contributed by atoms with van der Waals surface area (Å²) in [5, 5.41) is 5.11. The highest BCUT2D eigenvalue weighted by Gasteiger charge is 2.09. The Bertz CT molecular complexity index is 942. The average Bonchev–Trinajstić information content (AvgIpc) is 3.12. The lowest BCUT2D eigenvalue weighted by atomic mass is 10.2. The third-order valence-electron chi connectivity index (χ3n) is 3.48. The molecule has 0 bridgehead atoms. The summed E-state index contributed by atoms with van der Waals surface area (Å²) in [5.41, 5.74) is 0.574. The fourth-order valence-corrected chi connectivity index (χ4v) is 3.76. The molecule has 0 aliphatic heterocycles. The van der Waals surface area contributed by atoms with Gasteiger partial charge in [-0.15, -0.1) is 11.3 Å². The Kier molecular flexibility index (Phi) is 6.19. The van der Waals surface area contributed by atoms with E-state index in [1.165, 1.54) is 23.9 Å². The number of nitrogens with zero attached hydrogens (tertiary/aromatic N) is 1. The van der Waals surface area contributed by atoms with Gasteiger partial charge < -0.3 is 10.3 Å². The molecule has 0 radical (unpaired) electrons. The minimum absolute atomic E-state index is 0.0164. The SMILES string of the molecule is O=C(Cc1cc(=O)[nH]c(SCc2ccccc2F)n1)NCc1cccs1. The van der Waals surface area contributed by atoms with Crippen LogP contribution in [0.2, 0.25) is 0 Å². The number of carbonyl (C=O) groups is 1. The van der Waals surface area contributed by atoms with Crippen LogP contribution in [0.5, 0.6) is 0 Å². The van der Waals surface area contributed by atoms with E-state index in [1.54, 1.807) is 29.5 Å². The van der Waals surface area contributed by atoms with Crippen LogP contribution >= 0.6 is 23.1 Å². The van der Waals surface area contributed by atoms with Crippen molar-refractivity contribution in [2.75, 3.05) is 0 Å². The van der Waals surface area contributed by atoms with Crippen molar-refractivity contribution in [2.45, 2.75) is 23.9 Å². The maximum absolute atomic E-state index is 13.7. The zero-order valence-corrected chi connectivity index (χ0v) is 15.3. The molecule has 0 atom stereocenters. The second-order valence-corrected chi connectivity index (χ2v) is 7.45. The van der Waals surface area contributed by atoms with E-state index >= 15 is 0 Å². The molecule has 0 spiro atoms. The Morgan fingerprint density at radius 2 is 2.12 bits per heavy atom. The molecule has 2 aromatic heterocycles. The van der Waals surface area contributed by atoms with E-state index in [0.717, 1.165) is 4.88 Å². The molecule has 5 nitrogen and oxygen atoms in total. The molecule has 0 aliphatic rings. The van der Waals surface area contributed by atoms with E-state index in [-0.39, 0.29) is 23.7 Å². The number of halogens is 1. The molecule has 134 valence electrons.